The average molecular weight is 274 g/mol. The van der Waals surface area contributed by atoms with E-state index in [-0.39, 0.29) is 7.12 Å². The molecular formula is C10H31BN6Si. The lowest BCUT2D eigenvalue weighted by atomic mass is 9.93. The van der Waals surface area contributed by atoms with Gasteiger partial charge in [-0.3, -0.25) is 13.7 Å². The zero-order chi connectivity index (χ0) is 14.7. The molecule has 108 valence electrons. The van der Waals surface area contributed by atoms with Crippen LogP contribution < -0.4 is 5.23 Å². The molecule has 0 unspecified atom stereocenters. The summed E-state index contributed by atoms with van der Waals surface area (Å²) in [5.41, 5.74) is 0. The summed E-state index contributed by atoms with van der Waals surface area (Å²) in [4.78, 5) is 2.19. The maximum atomic E-state index is 3.38. The largest absolute Gasteiger partial charge is 0.395 e. The summed E-state index contributed by atoms with van der Waals surface area (Å²) in [7, 11) is 19.5. The molecule has 0 atom stereocenters. The molecule has 0 heterocycles. The molecule has 0 aliphatic rings. The van der Waals surface area contributed by atoms with Crippen molar-refractivity contribution in [3.05, 3.63) is 0 Å². The summed E-state index contributed by atoms with van der Waals surface area (Å²) in [6.07, 6.45) is 0. The fraction of sp³-hybridized carbons (Fsp3) is 1.00. The highest BCUT2D eigenvalue weighted by molar-refractivity contribution is 6.78. The van der Waals surface area contributed by atoms with E-state index >= 15 is 0 Å². The lowest BCUT2D eigenvalue weighted by Crippen LogP contribution is -2.83. The van der Waals surface area contributed by atoms with E-state index < -0.39 is 8.72 Å². The molecule has 0 saturated carbocycles. The summed E-state index contributed by atoms with van der Waals surface area (Å²) in [6, 6.07) is 0. The molecule has 0 saturated heterocycles. The lowest BCUT2D eigenvalue weighted by molar-refractivity contribution is 0.311. The van der Waals surface area contributed by atoms with E-state index in [4.69, 9.17) is 0 Å². The van der Waals surface area contributed by atoms with Crippen molar-refractivity contribution in [1.82, 2.24) is 28.2 Å². The SMILES string of the molecule is CNB(N(C)C)N(C)[Si](N(C)C)(N(C)C)N(C)C. The van der Waals surface area contributed by atoms with Crippen LogP contribution >= 0.6 is 0 Å². The smallest absolute Gasteiger partial charge is 0.331 e. The topological polar surface area (TPSA) is 28.2 Å². The predicted molar refractivity (Wildman–Crippen MR) is 83.1 cm³/mol. The molecule has 0 fully saturated rings. The Kier molecular flexibility index (Phi) is 7.01. The third-order valence-electron chi connectivity index (χ3n) is 3.39. The van der Waals surface area contributed by atoms with Crippen molar-refractivity contribution in [2.45, 2.75) is 0 Å². The number of rotatable bonds is 7. The van der Waals surface area contributed by atoms with Crippen molar-refractivity contribution in [3.8, 4) is 0 Å². The Morgan fingerprint density at radius 1 is 0.722 bits per heavy atom. The standard InChI is InChI=1S/C10H31BN6Si/c1-12-11(13(2)3)17(10)18(14(4)5,15(6)7)16(8)9/h12H,1-10H3. The molecule has 0 amide bonds. The van der Waals surface area contributed by atoms with E-state index in [0.717, 1.165) is 0 Å². The molecule has 18 heavy (non-hydrogen) atoms. The summed E-state index contributed by atoms with van der Waals surface area (Å²) in [6.45, 7) is 0. The van der Waals surface area contributed by atoms with E-state index in [9.17, 15) is 0 Å². The van der Waals surface area contributed by atoms with Gasteiger partial charge in [0.2, 0.25) is 0 Å². The van der Waals surface area contributed by atoms with Gasteiger partial charge in [-0.25, -0.2) is 0 Å². The van der Waals surface area contributed by atoms with Crippen molar-refractivity contribution >= 4 is 15.8 Å². The van der Waals surface area contributed by atoms with Crippen LogP contribution in [0.1, 0.15) is 0 Å². The molecule has 0 aromatic heterocycles. The molecule has 0 radical (unpaired) electrons. The first-order valence-electron chi connectivity index (χ1n) is 6.22. The minimum atomic E-state index is -2.05. The molecule has 8 heteroatoms. The van der Waals surface area contributed by atoms with E-state index in [2.05, 4.69) is 91.6 Å². The van der Waals surface area contributed by atoms with Crippen LogP contribution in [0.5, 0.6) is 0 Å². The summed E-state index contributed by atoms with van der Waals surface area (Å²) in [5.74, 6) is 0. The molecule has 0 rings (SSSR count). The number of nitrogens with one attached hydrogen (secondary N) is 1. The predicted octanol–water partition coefficient (Wildman–Crippen LogP) is -1.20. The molecule has 0 aliphatic heterocycles. The summed E-state index contributed by atoms with van der Waals surface area (Å²) in [5, 5.41) is 3.38. The third-order valence-corrected chi connectivity index (χ3v) is 8.18. The van der Waals surface area contributed by atoms with E-state index in [1.165, 1.54) is 0 Å². The van der Waals surface area contributed by atoms with Crippen molar-refractivity contribution < 1.29 is 0 Å². The van der Waals surface area contributed by atoms with Gasteiger partial charge < -0.3 is 14.5 Å². The number of nitrogens with zero attached hydrogens (tertiary/aromatic N) is 5. The second-order valence-electron chi connectivity index (χ2n) is 5.52. The van der Waals surface area contributed by atoms with Gasteiger partial charge in [-0.15, -0.1) is 0 Å². The summed E-state index contributed by atoms with van der Waals surface area (Å²) < 4.78 is 9.48. The fourth-order valence-corrected chi connectivity index (χ4v) is 8.09. The van der Waals surface area contributed by atoms with Crippen LogP contribution in [0.15, 0.2) is 0 Å². The van der Waals surface area contributed by atoms with E-state index in [1.807, 2.05) is 7.05 Å². The van der Waals surface area contributed by atoms with Crippen molar-refractivity contribution in [3.63, 3.8) is 0 Å². The van der Waals surface area contributed by atoms with Gasteiger partial charge in [0.25, 0.3) is 0 Å². The number of hydrogen-bond donors (Lipinski definition) is 1. The maximum absolute atomic E-state index is 3.38. The van der Waals surface area contributed by atoms with Crippen LogP contribution in [-0.2, 0) is 0 Å². The van der Waals surface area contributed by atoms with Crippen LogP contribution in [0.4, 0.5) is 0 Å². The minimum Gasteiger partial charge on any atom is -0.331 e. The van der Waals surface area contributed by atoms with Gasteiger partial charge in [0, 0.05) is 0 Å². The van der Waals surface area contributed by atoms with Gasteiger partial charge in [-0.1, -0.05) is 0 Å². The highest BCUT2D eigenvalue weighted by atomic mass is 28.4. The third kappa shape index (κ3) is 3.13. The molecule has 0 aliphatic carbocycles. The van der Waals surface area contributed by atoms with Gasteiger partial charge in [-0.05, 0) is 70.5 Å². The van der Waals surface area contributed by atoms with Gasteiger partial charge in [-0.2, -0.15) is 0 Å². The monoisotopic (exact) mass is 274 g/mol. The molecule has 6 nitrogen and oxygen atoms in total. The fourth-order valence-electron chi connectivity index (χ4n) is 3.11. The van der Waals surface area contributed by atoms with Crippen LogP contribution in [-0.4, -0.2) is 109 Å². The zero-order valence-corrected chi connectivity index (χ0v) is 14.8. The Hall–Kier alpha value is 0.0418. The van der Waals surface area contributed by atoms with Gasteiger partial charge in [0.1, 0.15) is 0 Å². The Morgan fingerprint density at radius 3 is 1.22 bits per heavy atom. The van der Waals surface area contributed by atoms with Crippen molar-refractivity contribution in [2.24, 2.45) is 0 Å². The second kappa shape index (κ2) is 6.99. The maximum Gasteiger partial charge on any atom is 0.395 e. The normalized spacial score (nSPS) is 13.5. The first-order valence-corrected chi connectivity index (χ1v) is 8.01. The quantitative estimate of drug-likeness (QED) is 0.587. The molecule has 0 bridgehead atoms. The van der Waals surface area contributed by atoms with Gasteiger partial charge >= 0.3 is 15.8 Å². The molecule has 0 aromatic rings. The second-order valence-corrected chi connectivity index (χ2v) is 10.1. The molecular weight excluding hydrogens is 243 g/mol. The zero-order valence-electron chi connectivity index (χ0n) is 13.8. The van der Waals surface area contributed by atoms with E-state index in [0.29, 0.717) is 0 Å². The van der Waals surface area contributed by atoms with Crippen LogP contribution in [0, 0.1) is 0 Å². The van der Waals surface area contributed by atoms with Gasteiger partial charge in [0.05, 0.1) is 0 Å². The van der Waals surface area contributed by atoms with Crippen LogP contribution in [0.3, 0.4) is 0 Å². The Labute approximate surface area is 115 Å². The lowest BCUT2D eigenvalue weighted by Gasteiger charge is -2.53. The average Bonchev–Trinajstić information content (AvgIpc) is 2.16. The van der Waals surface area contributed by atoms with E-state index in [1.54, 1.807) is 0 Å². The molecule has 0 spiro atoms. The minimum absolute atomic E-state index is 0.198. The highest BCUT2D eigenvalue weighted by Gasteiger charge is 2.51. The highest BCUT2D eigenvalue weighted by Crippen LogP contribution is 2.17. The Balaban J connectivity index is 5.56. The van der Waals surface area contributed by atoms with Crippen LogP contribution in [0.2, 0.25) is 0 Å². The first kappa shape index (κ1) is 18.0. The Morgan fingerprint density at radius 2 is 1.06 bits per heavy atom. The van der Waals surface area contributed by atoms with Gasteiger partial charge in [0.15, 0.2) is 0 Å². The summed E-state index contributed by atoms with van der Waals surface area (Å²) >= 11 is 0. The van der Waals surface area contributed by atoms with Crippen molar-refractivity contribution in [2.75, 3.05) is 70.5 Å². The molecule has 1 N–H and O–H groups in total. The van der Waals surface area contributed by atoms with Crippen LogP contribution in [0.25, 0.3) is 0 Å². The number of hydrogen-bond acceptors (Lipinski definition) is 6. The molecule has 0 aromatic carbocycles. The van der Waals surface area contributed by atoms with Crippen molar-refractivity contribution in [1.29, 1.82) is 0 Å². The first-order chi connectivity index (χ1) is 8.13. The Bertz CT molecular complexity index is 227.